The molecule has 1 heterocycles. The van der Waals surface area contributed by atoms with Gasteiger partial charge in [0.25, 0.3) is 5.91 Å². The molecule has 1 amide bonds. The Balaban J connectivity index is 1.73. The minimum absolute atomic E-state index is 0.165. The predicted octanol–water partition coefficient (Wildman–Crippen LogP) is 4.33. The Labute approximate surface area is 160 Å². The molecule has 1 saturated heterocycles. The van der Waals surface area contributed by atoms with E-state index >= 15 is 0 Å². The van der Waals surface area contributed by atoms with Gasteiger partial charge in [-0.05, 0) is 30.3 Å². The second-order valence-corrected chi connectivity index (χ2v) is 6.55. The average molecular weight is 399 g/mol. The first-order valence-corrected chi connectivity index (χ1v) is 8.73. The maximum absolute atomic E-state index is 13.0. The van der Waals surface area contributed by atoms with Crippen LogP contribution in [0.5, 0.6) is 5.75 Å². The molecule has 27 heavy (non-hydrogen) atoms. The van der Waals surface area contributed by atoms with Crippen LogP contribution in [0.25, 0.3) is 0 Å². The van der Waals surface area contributed by atoms with Crippen molar-refractivity contribution >= 4 is 23.2 Å². The van der Waals surface area contributed by atoms with Crippen LogP contribution >= 0.6 is 11.6 Å². The number of halogens is 4. The Bertz CT molecular complexity index is 834. The normalized spacial score (nSPS) is 15.0. The lowest BCUT2D eigenvalue weighted by Gasteiger charge is -2.36. The van der Waals surface area contributed by atoms with Gasteiger partial charge in [-0.3, -0.25) is 4.79 Å². The lowest BCUT2D eigenvalue weighted by Crippen LogP contribution is -2.49. The van der Waals surface area contributed by atoms with Crippen molar-refractivity contribution in [3.05, 3.63) is 58.6 Å². The van der Waals surface area contributed by atoms with Gasteiger partial charge in [0, 0.05) is 26.2 Å². The molecule has 0 unspecified atom stereocenters. The van der Waals surface area contributed by atoms with Gasteiger partial charge in [-0.2, -0.15) is 13.2 Å². The fraction of sp³-hybridized carbons (Fsp3) is 0.316. The van der Waals surface area contributed by atoms with Gasteiger partial charge < -0.3 is 14.5 Å². The third-order valence-corrected chi connectivity index (χ3v) is 4.84. The first-order chi connectivity index (χ1) is 12.8. The highest BCUT2D eigenvalue weighted by molar-refractivity contribution is 6.33. The summed E-state index contributed by atoms with van der Waals surface area (Å²) in [6.07, 6.45) is -4.43. The number of para-hydroxylation sites is 1. The Morgan fingerprint density at radius 2 is 1.74 bits per heavy atom. The number of piperazine rings is 1. The minimum Gasteiger partial charge on any atom is -0.496 e. The summed E-state index contributed by atoms with van der Waals surface area (Å²) in [6, 6.07) is 10.2. The molecular formula is C19H18ClF3N2O2. The maximum Gasteiger partial charge on any atom is 0.416 e. The van der Waals surface area contributed by atoms with E-state index in [0.29, 0.717) is 43.2 Å². The largest absolute Gasteiger partial charge is 0.496 e. The molecule has 0 atom stereocenters. The van der Waals surface area contributed by atoms with E-state index < -0.39 is 11.7 Å². The number of anilines is 1. The number of benzene rings is 2. The molecule has 0 spiro atoms. The molecule has 144 valence electrons. The lowest BCUT2D eigenvalue weighted by molar-refractivity contribution is -0.137. The summed E-state index contributed by atoms with van der Waals surface area (Å²) in [6.45, 7) is 1.54. The average Bonchev–Trinajstić information content (AvgIpc) is 2.67. The van der Waals surface area contributed by atoms with E-state index in [9.17, 15) is 18.0 Å². The highest BCUT2D eigenvalue weighted by Gasteiger charge is 2.32. The van der Waals surface area contributed by atoms with Crippen LogP contribution in [0, 0.1) is 0 Å². The van der Waals surface area contributed by atoms with Gasteiger partial charge in [0.05, 0.1) is 28.9 Å². The number of rotatable bonds is 3. The molecule has 0 aromatic heterocycles. The number of nitrogens with zero attached hydrogens (tertiary/aromatic N) is 2. The van der Waals surface area contributed by atoms with Crippen molar-refractivity contribution in [1.29, 1.82) is 0 Å². The van der Waals surface area contributed by atoms with Crippen LogP contribution in [0.3, 0.4) is 0 Å². The highest BCUT2D eigenvalue weighted by atomic mass is 35.5. The standard InChI is InChI=1S/C19H18ClF3N2O2/c1-27-17-5-3-2-4-14(17)18(26)25-10-8-24(9-11-25)16-12-13(19(21,22)23)6-7-15(16)20/h2-7,12H,8-11H2,1H3. The Hall–Kier alpha value is -2.41. The Morgan fingerprint density at radius 3 is 2.37 bits per heavy atom. The van der Waals surface area contributed by atoms with Crippen LogP contribution < -0.4 is 9.64 Å². The number of methoxy groups -OCH3 is 1. The van der Waals surface area contributed by atoms with Crippen LogP contribution in [-0.2, 0) is 6.18 Å². The number of alkyl halides is 3. The summed E-state index contributed by atoms with van der Waals surface area (Å²) >= 11 is 6.11. The van der Waals surface area contributed by atoms with Crippen LogP contribution in [0.1, 0.15) is 15.9 Å². The minimum atomic E-state index is -4.43. The Morgan fingerprint density at radius 1 is 1.07 bits per heavy atom. The number of hydrogen-bond donors (Lipinski definition) is 0. The second-order valence-electron chi connectivity index (χ2n) is 6.14. The second kappa shape index (κ2) is 7.68. The Kier molecular flexibility index (Phi) is 5.51. The monoisotopic (exact) mass is 398 g/mol. The lowest BCUT2D eigenvalue weighted by atomic mass is 10.1. The van der Waals surface area contributed by atoms with Gasteiger partial charge >= 0.3 is 6.18 Å². The topological polar surface area (TPSA) is 32.8 Å². The third kappa shape index (κ3) is 4.13. The number of carbonyl (C=O) groups is 1. The molecular weight excluding hydrogens is 381 g/mol. The van der Waals surface area contributed by atoms with Crippen LogP contribution in [0.15, 0.2) is 42.5 Å². The van der Waals surface area contributed by atoms with Gasteiger partial charge in [-0.1, -0.05) is 23.7 Å². The van der Waals surface area contributed by atoms with E-state index in [0.717, 1.165) is 12.1 Å². The quantitative estimate of drug-likeness (QED) is 0.771. The molecule has 0 radical (unpaired) electrons. The number of hydrogen-bond acceptors (Lipinski definition) is 3. The predicted molar refractivity (Wildman–Crippen MR) is 97.6 cm³/mol. The molecule has 2 aromatic carbocycles. The maximum atomic E-state index is 13.0. The summed E-state index contributed by atoms with van der Waals surface area (Å²) in [7, 11) is 1.50. The van der Waals surface area contributed by atoms with Crippen LogP contribution in [0.2, 0.25) is 5.02 Å². The smallest absolute Gasteiger partial charge is 0.416 e. The summed E-state index contributed by atoms with van der Waals surface area (Å²) < 4.78 is 44.1. The van der Waals surface area contributed by atoms with Crippen LogP contribution in [-0.4, -0.2) is 44.1 Å². The molecule has 4 nitrogen and oxygen atoms in total. The molecule has 0 N–H and O–H groups in total. The molecule has 3 rings (SSSR count). The fourth-order valence-corrected chi connectivity index (χ4v) is 3.31. The first-order valence-electron chi connectivity index (χ1n) is 8.35. The van der Waals surface area contributed by atoms with E-state index in [-0.39, 0.29) is 10.9 Å². The van der Waals surface area contributed by atoms with E-state index in [4.69, 9.17) is 16.3 Å². The van der Waals surface area contributed by atoms with Crippen molar-refractivity contribution in [2.45, 2.75) is 6.18 Å². The van der Waals surface area contributed by atoms with E-state index in [2.05, 4.69) is 0 Å². The van der Waals surface area contributed by atoms with Gasteiger partial charge in [0.15, 0.2) is 0 Å². The molecule has 1 aliphatic rings. The molecule has 0 saturated carbocycles. The summed E-state index contributed by atoms with van der Waals surface area (Å²) in [5, 5.41) is 0.257. The third-order valence-electron chi connectivity index (χ3n) is 4.52. The van der Waals surface area contributed by atoms with Crippen molar-refractivity contribution in [3.63, 3.8) is 0 Å². The first kappa shape index (κ1) is 19.4. The van der Waals surface area contributed by atoms with Gasteiger partial charge in [-0.25, -0.2) is 0 Å². The van der Waals surface area contributed by atoms with Crippen LogP contribution in [0.4, 0.5) is 18.9 Å². The van der Waals surface area contributed by atoms with Crippen molar-refractivity contribution in [3.8, 4) is 5.75 Å². The SMILES string of the molecule is COc1ccccc1C(=O)N1CCN(c2cc(C(F)(F)F)ccc2Cl)CC1. The van der Waals surface area contributed by atoms with Crippen molar-refractivity contribution < 1.29 is 22.7 Å². The molecule has 2 aromatic rings. The molecule has 1 fully saturated rings. The van der Waals surface area contributed by atoms with Gasteiger partial charge in [0.1, 0.15) is 5.75 Å². The highest BCUT2D eigenvalue weighted by Crippen LogP contribution is 2.35. The molecule has 8 heteroatoms. The van der Waals surface area contributed by atoms with E-state index in [1.54, 1.807) is 34.1 Å². The zero-order valence-corrected chi connectivity index (χ0v) is 15.3. The summed E-state index contributed by atoms with van der Waals surface area (Å²) in [5.41, 5.74) is 0.0517. The molecule has 0 bridgehead atoms. The zero-order chi connectivity index (χ0) is 19.6. The van der Waals surface area contributed by atoms with Crippen molar-refractivity contribution in [1.82, 2.24) is 4.90 Å². The molecule has 0 aliphatic carbocycles. The van der Waals surface area contributed by atoms with Crippen molar-refractivity contribution in [2.24, 2.45) is 0 Å². The zero-order valence-electron chi connectivity index (χ0n) is 14.6. The van der Waals surface area contributed by atoms with Gasteiger partial charge in [0.2, 0.25) is 0 Å². The number of ether oxygens (including phenoxy) is 1. The van der Waals surface area contributed by atoms with E-state index in [1.807, 2.05) is 0 Å². The number of amides is 1. The van der Waals surface area contributed by atoms with E-state index in [1.165, 1.54) is 13.2 Å². The summed E-state index contributed by atoms with van der Waals surface area (Å²) in [5.74, 6) is 0.327. The van der Waals surface area contributed by atoms with Crippen molar-refractivity contribution in [2.75, 3.05) is 38.2 Å². The fourth-order valence-electron chi connectivity index (χ4n) is 3.07. The molecule has 1 aliphatic heterocycles. The number of carbonyl (C=O) groups excluding carboxylic acids is 1. The van der Waals surface area contributed by atoms with Gasteiger partial charge in [-0.15, -0.1) is 0 Å². The summed E-state index contributed by atoms with van der Waals surface area (Å²) in [4.78, 5) is 16.2.